The Morgan fingerprint density at radius 3 is 1.22 bits per heavy atom. The van der Waals surface area contributed by atoms with E-state index in [-0.39, 0.29) is 10.8 Å². The van der Waals surface area contributed by atoms with E-state index in [1.54, 1.807) is 0 Å². The van der Waals surface area contributed by atoms with E-state index in [2.05, 4.69) is 47.3 Å². The van der Waals surface area contributed by atoms with Crippen molar-refractivity contribution in [2.45, 2.75) is 40.5 Å². The van der Waals surface area contributed by atoms with E-state index in [1.165, 1.54) is 103 Å². The lowest BCUT2D eigenvalue weighted by Crippen LogP contribution is -2.62. The maximum atomic E-state index is 5.33. The molecule has 0 saturated carbocycles. The SMILES string of the molecule is CC(C)CC12CN3CCN(CC(C3)/C1=N\N=C1/C3CN4CCN(C3)CC1(CC(C)C)C4)C2. The Bertz CT molecular complexity index is 702. The molecule has 8 fully saturated rings. The summed E-state index contributed by atoms with van der Waals surface area (Å²) in [4.78, 5) is 10.9. The molecule has 0 aromatic carbocycles. The average Bonchev–Trinajstić information content (AvgIpc) is 3.06. The van der Waals surface area contributed by atoms with Gasteiger partial charge in [0.15, 0.2) is 0 Å². The fraction of sp³-hybridized carbons (Fsp3) is 0.923. The van der Waals surface area contributed by atoms with Gasteiger partial charge >= 0.3 is 0 Å². The summed E-state index contributed by atoms with van der Waals surface area (Å²) in [7, 11) is 0. The summed E-state index contributed by atoms with van der Waals surface area (Å²) in [5.41, 5.74) is 3.38. The van der Waals surface area contributed by atoms with Crippen LogP contribution in [0.15, 0.2) is 10.2 Å². The minimum absolute atomic E-state index is 0.219. The second-order valence-electron chi connectivity index (χ2n) is 13.1. The molecule has 0 aromatic heterocycles. The Balaban J connectivity index is 1.39. The second kappa shape index (κ2) is 7.86. The van der Waals surface area contributed by atoms with Crippen LogP contribution in [-0.2, 0) is 0 Å². The van der Waals surface area contributed by atoms with Crippen molar-refractivity contribution in [2.24, 2.45) is 44.7 Å². The largest absolute Gasteiger partial charge is 0.300 e. The molecule has 0 N–H and O–H groups in total. The van der Waals surface area contributed by atoms with E-state index in [4.69, 9.17) is 10.2 Å². The summed E-state index contributed by atoms with van der Waals surface area (Å²) in [6.07, 6.45) is 2.50. The lowest BCUT2D eigenvalue weighted by atomic mass is 9.66. The molecule has 0 aliphatic carbocycles. The molecule has 178 valence electrons. The fourth-order valence-electron chi connectivity index (χ4n) is 8.73. The molecule has 6 nitrogen and oxygen atoms in total. The molecule has 0 radical (unpaired) electrons. The Kier molecular flexibility index (Phi) is 5.33. The molecule has 32 heavy (non-hydrogen) atoms. The van der Waals surface area contributed by atoms with E-state index in [9.17, 15) is 0 Å². The minimum Gasteiger partial charge on any atom is -0.300 e. The molecular weight excluding hydrogens is 396 g/mol. The first kappa shape index (κ1) is 21.7. The molecule has 0 aromatic rings. The Morgan fingerprint density at radius 2 is 0.938 bits per heavy atom. The fourth-order valence-corrected chi connectivity index (χ4v) is 8.73. The van der Waals surface area contributed by atoms with Gasteiger partial charge in [0, 0.05) is 101 Å². The zero-order chi connectivity index (χ0) is 22.1. The van der Waals surface area contributed by atoms with E-state index in [0.29, 0.717) is 23.7 Å². The van der Waals surface area contributed by atoms with Crippen LogP contribution in [0.4, 0.5) is 0 Å². The van der Waals surface area contributed by atoms with Crippen molar-refractivity contribution in [3.8, 4) is 0 Å². The summed E-state index contributed by atoms with van der Waals surface area (Å²) < 4.78 is 0. The van der Waals surface area contributed by atoms with E-state index < -0.39 is 0 Å². The normalized spacial score (nSPS) is 49.6. The third-order valence-corrected chi connectivity index (χ3v) is 9.21. The van der Waals surface area contributed by atoms with Gasteiger partial charge in [-0.05, 0) is 24.7 Å². The third kappa shape index (κ3) is 3.60. The standard InChI is InChI=1S/C26H44N6/c1-19(2)9-25-15-29-5-6-30(16-25)12-21(11-29)23(25)27-28-24-22-13-31-7-8-32(14-22)18-26(24,17-31)10-20(3)4/h19-22H,5-18H2,1-4H3/b27-23+,28-24+. The molecule has 8 aliphatic rings. The van der Waals surface area contributed by atoms with Crippen molar-refractivity contribution in [3.05, 3.63) is 0 Å². The van der Waals surface area contributed by atoms with Crippen LogP contribution in [0.5, 0.6) is 0 Å². The summed E-state index contributed by atoms with van der Waals surface area (Å²) in [6, 6.07) is 0. The maximum absolute atomic E-state index is 5.33. The van der Waals surface area contributed by atoms with Gasteiger partial charge < -0.3 is 19.6 Å². The van der Waals surface area contributed by atoms with Crippen molar-refractivity contribution in [3.63, 3.8) is 0 Å². The first-order chi connectivity index (χ1) is 15.3. The highest BCUT2D eigenvalue weighted by Gasteiger charge is 2.54. The maximum Gasteiger partial charge on any atom is 0.0549 e. The summed E-state index contributed by atoms with van der Waals surface area (Å²) in [6.45, 7) is 24.1. The molecule has 8 heterocycles. The number of hydrogen-bond acceptors (Lipinski definition) is 6. The smallest absolute Gasteiger partial charge is 0.0549 e. The molecule has 8 saturated heterocycles. The van der Waals surface area contributed by atoms with Crippen molar-refractivity contribution < 1.29 is 0 Å². The number of rotatable bonds is 5. The Hall–Kier alpha value is -0.820. The second-order valence-corrected chi connectivity index (χ2v) is 13.1. The molecule has 4 atom stereocenters. The van der Waals surface area contributed by atoms with Gasteiger partial charge in [0.25, 0.3) is 0 Å². The van der Waals surface area contributed by atoms with Crippen LogP contribution in [0, 0.1) is 34.5 Å². The Morgan fingerprint density at radius 1 is 0.625 bits per heavy atom. The number of piperidine rings is 4. The molecule has 8 bridgehead atoms. The van der Waals surface area contributed by atoms with Gasteiger partial charge in [-0.3, -0.25) is 0 Å². The van der Waals surface area contributed by atoms with Crippen molar-refractivity contribution in [2.75, 3.05) is 78.5 Å². The third-order valence-electron chi connectivity index (χ3n) is 9.21. The predicted molar refractivity (Wildman–Crippen MR) is 131 cm³/mol. The number of fused-ring (bicyclic) bond motifs is 2. The van der Waals surface area contributed by atoms with Gasteiger partial charge in [0.2, 0.25) is 0 Å². The summed E-state index contributed by atoms with van der Waals surface area (Å²) in [5.74, 6) is 2.56. The van der Waals surface area contributed by atoms with Crippen LogP contribution in [0.25, 0.3) is 0 Å². The van der Waals surface area contributed by atoms with Gasteiger partial charge in [-0.1, -0.05) is 27.7 Å². The molecule has 4 unspecified atom stereocenters. The van der Waals surface area contributed by atoms with Crippen LogP contribution in [0.2, 0.25) is 0 Å². The first-order valence-electron chi connectivity index (χ1n) is 13.4. The van der Waals surface area contributed by atoms with Crippen LogP contribution in [0.3, 0.4) is 0 Å². The van der Waals surface area contributed by atoms with Gasteiger partial charge in [-0.25, -0.2) is 0 Å². The van der Waals surface area contributed by atoms with Gasteiger partial charge in [0.05, 0.1) is 11.4 Å². The Labute approximate surface area is 195 Å². The van der Waals surface area contributed by atoms with Gasteiger partial charge in [0.1, 0.15) is 0 Å². The van der Waals surface area contributed by atoms with E-state index in [0.717, 1.165) is 0 Å². The molecule has 8 rings (SSSR count). The first-order valence-corrected chi connectivity index (χ1v) is 13.4. The zero-order valence-electron chi connectivity index (χ0n) is 20.9. The molecule has 8 aliphatic heterocycles. The van der Waals surface area contributed by atoms with Crippen molar-refractivity contribution in [1.82, 2.24) is 19.6 Å². The van der Waals surface area contributed by atoms with Gasteiger partial charge in [-0.2, -0.15) is 10.2 Å². The van der Waals surface area contributed by atoms with E-state index >= 15 is 0 Å². The van der Waals surface area contributed by atoms with Crippen LogP contribution >= 0.6 is 0 Å². The van der Waals surface area contributed by atoms with Crippen LogP contribution < -0.4 is 0 Å². The van der Waals surface area contributed by atoms with Crippen LogP contribution in [-0.4, -0.2) is 110 Å². The predicted octanol–water partition coefficient (Wildman–Crippen LogP) is 2.37. The topological polar surface area (TPSA) is 37.7 Å². The van der Waals surface area contributed by atoms with Crippen LogP contribution in [0.1, 0.15) is 40.5 Å². The monoisotopic (exact) mass is 440 g/mol. The molecule has 0 spiro atoms. The number of hydrogen-bond donors (Lipinski definition) is 0. The van der Waals surface area contributed by atoms with Crippen molar-refractivity contribution >= 4 is 11.4 Å². The quantitative estimate of drug-likeness (QED) is 0.615. The molecular formula is C26H44N6. The highest BCUT2D eigenvalue weighted by Crippen LogP contribution is 2.45. The van der Waals surface area contributed by atoms with Gasteiger partial charge in [-0.15, -0.1) is 0 Å². The zero-order valence-corrected chi connectivity index (χ0v) is 20.9. The van der Waals surface area contributed by atoms with Crippen molar-refractivity contribution in [1.29, 1.82) is 0 Å². The molecule has 6 heteroatoms. The number of nitrogens with zero attached hydrogens (tertiary/aromatic N) is 6. The highest BCUT2D eigenvalue weighted by atomic mass is 15.3. The lowest BCUT2D eigenvalue weighted by Gasteiger charge is -2.52. The lowest BCUT2D eigenvalue weighted by molar-refractivity contribution is 0.0980. The van der Waals surface area contributed by atoms with E-state index in [1.807, 2.05) is 0 Å². The average molecular weight is 441 g/mol. The summed E-state index contributed by atoms with van der Waals surface area (Å²) >= 11 is 0. The summed E-state index contributed by atoms with van der Waals surface area (Å²) in [5, 5.41) is 10.7. The minimum atomic E-state index is 0.219. The molecule has 0 amide bonds. The highest BCUT2D eigenvalue weighted by molar-refractivity contribution is 5.98.